The number of carbonyl (C=O) groups is 1. The lowest BCUT2D eigenvalue weighted by atomic mass is 9.98. The number of aromatic nitrogens is 3. The fraction of sp³-hybridized carbons (Fsp3) is 0.160. The number of amides is 1. The Balaban J connectivity index is 1.34. The monoisotopic (exact) mass is 519 g/mol. The zero-order valence-electron chi connectivity index (χ0n) is 18.7. The van der Waals surface area contributed by atoms with Gasteiger partial charge in [-0.1, -0.05) is 28.8 Å². The average molecular weight is 520 g/mol. The zero-order valence-corrected chi connectivity index (χ0v) is 20.3. The van der Waals surface area contributed by atoms with Crippen molar-refractivity contribution in [1.29, 1.82) is 5.26 Å². The molecule has 0 unspecified atom stereocenters. The number of anilines is 1. The van der Waals surface area contributed by atoms with E-state index in [4.69, 9.17) is 25.8 Å². The van der Waals surface area contributed by atoms with Crippen molar-refractivity contribution in [3.8, 4) is 28.1 Å². The van der Waals surface area contributed by atoms with E-state index in [2.05, 4.69) is 26.6 Å². The minimum absolute atomic E-state index is 0.0849. The first-order valence-electron chi connectivity index (χ1n) is 10.8. The second-order valence-electron chi connectivity index (χ2n) is 7.76. The molecule has 0 spiro atoms. The molecule has 4 aromatic rings. The molecule has 0 atom stereocenters. The summed E-state index contributed by atoms with van der Waals surface area (Å²) < 4.78 is 16.9. The molecule has 0 aliphatic carbocycles. The first-order chi connectivity index (χ1) is 17.6. The molecule has 5 rings (SSSR count). The molecule has 11 heteroatoms. The zero-order chi connectivity index (χ0) is 24.9. The van der Waals surface area contributed by atoms with Crippen LogP contribution in [0.4, 0.5) is 5.13 Å². The number of ether oxygens (including phenoxy) is 3. The minimum atomic E-state index is -0.409. The summed E-state index contributed by atoms with van der Waals surface area (Å²) in [7, 11) is 0. The second-order valence-corrected chi connectivity index (χ2v) is 9.14. The molecule has 1 amide bonds. The van der Waals surface area contributed by atoms with Gasteiger partial charge in [-0.3, -0.25) is 15.1 Å². The number of benzene rings is 2. The molecular formula is C25H18ClN5O4S. The van der Waals surface area contributed by atoms with Crippen LogP contribution < -0.4 is 14.8 Å². The summed E-state index contributed by atoms with van der Waals surface area (Å²) in [6.45, 7) is 1.26. The van der Waals surface area contributed by atoms with E-state index in [1.165, 1.54) is 6.20 Å². The van der Waals surface area contributed by atoms with E-state index in [0.717, 1.165) is 16.9 Å². The van der Waals surface area contributed by atoms with Crippen LogP contribution in [-0.2, 0) is 11.3 Å². The molecule has 1 saturated heterocycles. The topological polar surface area (TPSA) is 119 Å². The normalized spacial score (nSPS) is 12.9. The number of hydrogen-bond donors (Lipinski definition) is 1. The number of nitriles is 1. The first kappa shape index (κ1) is 23.7. The van der Waals surface area contributed by atoms with Crippen molar-refractivity contribution in [3.63, 3.8) is 0 Å². The van der Waals surface area contributed by atoms with Gasteiger partial charge in [-0.15, -0.1) is 5.10 Å². The lowest BCUT2D eigenvalue weighted by Gasteiger charge is -2.28. The third kappa shape index (κ3) is 5.44. The summed E-state index contributed by atoms with van der Waals surface area (Å²) in [4.78, 5) is 17.4. The van der Waals surface area contributed by atoms with Crippen LogP contribution in [0.15, 0.2) is 60.9 Å². The third-order valence-electron chi connectivity index (χ3n) is 5.27. The van der Waals surface area contributed by atoms with Crippen molar-refractivity contribution in [1.82, 2.24) is 15.2 Å². The number of pyridine rings is 1. The van der Waals surface area contributed by atoms with E-state index in [1.54, 1.807) is 42.6 Å². The Bertz CT molecular complexity index is 1430. The average Bonchev–Trinajstić information content (AvgIpc) is 3.33. The van der Waals surface area contributed by atoms with Crippen molar-refractivity contribution in [2.75, 3.05) is 18.5 Å². The Morgan fingerprint density at radius 1 is 1.17 bits per heavy atom. The van der Waals surface area contributed by atoms with Crippen molar-refractivity contribution < 1.29 is 19.0 Å². The highest BCUT2D eigenvalue weighted by Crippen LogP contribution is 2.35. The van der Waals surface area contributed by atoms with E-state index in [1.807, 2.05) is 12.1 Å². The van der Waals surface area contributed by atoms with Crippen molar-refractivity contribution in [2.24, 2.45) is 0 Å². The van der Waals surface area contributed by atoms with Crippen LogP contribution in [0.5, 0.6) is 10.9 Å². The molecular weight excluding hydrogens is 502 g/mol. The predicted octanol–water partition coefficient (Wildman–Crippen LogP) is 4.73. The highest BCUT2D eigenvalue weighted by Gasteiger charge is 2.24. The van der Waals surface area contributed by atoms with Crippen molar-refractivity contribution in [2.45, 2.75) is 12.7 Å². The Labute approximate surface area is 215 Å². The molecule has 180 valence electrons. The largest absolute Gasteiger partial charge is 0.485 e. The molecule has 2 aromatic heterocycles. The highest BCUT2D eigenvalue weighted by molar-refractivity contribution is 7.17. The molecule has 2 aromatic carbocycles. The van der Waals surface area contributed by atoms with Crippen LogP contribution >= 0.6 is 22.9 Å². The van der Waals surface area contributed by atoms with E-state index >= 15 is 0 Å². The van der Waals surface area contributed by atoms with E-state index in [0.29, 0.717) is 51.4 Å². The van der Waals surface area contributed by atoms with Gasteiger partial charge in [0.15, 0.2) is 0 Å². The number of nitrogens with zero attached hydrogens (tertiary/aromatic N) is 4. The number of nitrogens with one attached hydrogen (secondary N) is 1. The van der Waals surface area contributed by atoms with Gasteiger partial charge < -0.3 is 14.2 Å². The SMILES string of the molecule is N#Cc1ccc(OC2COC2)c(-c2cnccc2C(=O)Nc2nnc(OCc3ccc(Cl)cc3)s2)c1. The van der Waals surface area contributed by atoms with Gasteiger partial charge in [0.05, 0.1) is 30.4 Å². The number of rotatable bonds is 8. The predicted molar refractivity (Wildman–Crippen MR) is 133 cm³/mol. The maximum Gasteiger partial charge on any atom is 0.296 e. The van der Waals surface area contributed by atoms with Gasteiger partial charge in [0.2, 0.25) is 5.13 Å². The van der Waals surface area contributed by atoms with E-state index < -0.39 is 5.91 Å². The molecule has 9 nitrogen and oxygen atoms in total. The van der Waals surface area contributed by atoms with Gasteiger partial charge in [-0.25, -0.2) is 0 Å². The van der Waals surface area contributed by atoms with Gasteiger partial charge in [0.25, 0.3) is 11.1 Å². The molecule has 1 fully saturated rings. The Kier molecular flexibility index (Phi) is 7.04. The van der Waals surface area contributed by atoms with E-state index in [-0.39, 0.29) is 17.8 Å². The van der Waals surface area contributed by atoms with Gasteiger partial charge in [0, 0.05) is 28.5 Å². The highest BCUT2D eigenvalue weighted by atomic mass is 35.5. The number of hydrogen-bond acceptors (Lipinski definition) is 9. The standard InChI is InChI=1S/C25H18ClN5O4S/c26-17-4-1-15(2-5-17)12-34-25-31-30-24(36-25)29-23(32)19-7-8-28-11-21(19)20-9-16(10-27)3-6-22(20)35-18-13-33-14-18/h1-9,11,18H,12-14H2,(H,29,30,32). The van der Waals surface area contributed by atoms with E-state index in [9.17, 15) is 10.1 Å². The smallest absolute Gasteiger partial charge is 0.296 e. The van der Waals surface area contributed by atoms with Crippen LogP contribution in [-0.4, -0.2) is 40.4 Å². The Morgan fingerprint density at radius 2 is 2.00 bits per heavy atom. The minimum Gasteiger partial charge on any atom is -0.485 e. The van der Waals surface area contributed by atoms with Crippen LogP contribution in [0.3, 0.4) is 0 Å². The lowest BCUT2D eigenvalue weighted by Crippen LogP contribution is -2.38. The summed E-state index contributed by atoms with van der Waals surface area (Å²) >= 11 is 7.01. The van der Waals surface area contributed by atoms with Crippen LogP contribution in [0.25, 0.3) is 11.1 Å². The van der Waals surface area contributed by atoms with Gasteiger partial charge in [-0.05, 0) is 53.3 Å². The van der Waals surface area contributed by atoms with Gasteiger partial charge >= 0.3 is 0 Å². The van der Waals surface area contributed by atoms with Gasteiger partial charge in [-0.2, -0.15) is 5.26 Å². The fourth-order valence-electron chi connectivity index (χ4n) is 3.39. The third-order valence-corrected chi connectivity index (χ3v) is 6.27. The first-order valence-corrected chi connectivity index (χ1v) is 12.0. The lowest BCUT2D eigenvalue weighted by molar-refractivity contribution is -0.0794. The maximum atomic E-state index is 13.2. The maximum absolute atomic E-state index is 13.2. The summed E-state index contributed by atoms with van der Waals surface area (Å²) in [5.41, 5.74) is 2.81. The van der Waals surface area contributed by atoms with Crippen molar-refractivity contribution in [3.05, 3.63) is 82.6 Å². The number of halogens is 1. The van der Waals surface area contributed by atoms with Crippen LogP contribution in [0, 0.1) is 11.3 Å². The summed E-state index contributed by atoms with van der Waals surface area (Å²) in [6, 6.07) is 16.1. The molecule has 1 aliphatic rings. The van der Waals surface area contributed by atoms with Gasteiger partial charge in [0.1, 0.15) is 18.5 Å². The summed E-state index contributed by atoms with van der Waals surface area (Å²) in [5, 5.41) is 21.4. The number of carbonyl (C=O) groups excluding carboxylic acids is 1. The van der Waals surface area contributed by atoms with Crippen LogP contribution in [0.1, 0.15) is 21.5 Å². The Morgan fingerprint density at radius 3 is 2.75 bits per heavy atom. The molecule has 0 radical (unpaired) electrons. The summed E-state index contributed by atoms with van der Waals surface area (Å²) in [5.74, 6) is 0.131. The molecule has 1 N–H and O–H groups in total. The molecule has 1 aliphatic heterocycles. The molecule has 36 heavy (non-hydrogen) atoms. The second kappa shape index (κ2) is 10.7. The Hall–Kier alpha value is -4.04. The van der Waals surface area contributed by atoms with Crippen LogP contribution in [0.2, 0.25) is 5.02 Å². The molecule has 0 saturated carbocycles. The summed E-state index contributed by atoms with van der Waals surface area (Å²) in [6.07, 6.45) is 3.00. The quantitative estimate of drug-likeness (QED) is 0.354. The fourth-order valence-corrected chi connectivity index (χ4v) is 4.11. The van der Waals surface area contributed by atoms with Crippen molar-refractivity contribution >= 4 is 34.0 Å². The molecule has 3 heterocycles. The molecule has 0 bridgehead atoms.